The lowest BCUT2D eigenvalue weighted by Gasteiger charge is -2.20. The van der Waals surface area contributed by atoms with Crippen LogP contribution < -0.4 is 9.21 Å². The van der Waals surface area contributed by atoms with E-state index in [9.17, 15) is 13.2 Å². The van der Waals surface area contributed by atoms with E-state index in [1.54, 1.807) is 41.3 Å². The lowest BCUT2D eigenvalue weighted by molar-refractivity contribution is 0.0988. The van der Waals surface area contributed by atoms with Crippen molar-refractivity contribution in [1.29, 1.82) is 0 Å². The van der Waals surface area contributed by atoms with Crippen LogP contribution in [-0.2, 0) is 10.0 Å². The van der Waals surface area contributed by atoms with Crippen LogP contribution in [0.15, 0.2) is 77.7 Å². The van der Waals surface area contributed by atoms with Crippen LogP contribution in [0.4, 0.5) is 10.8 Å². The third-order valence-electron chi connectivity index (χ3n) is 5.28. The average Bonchev–Trinajstić information content (AvgIpc) is 3.25. The van der Waals surface area contributed by atoms with Crippen LogP contribution in [0.3, 0.4) is 0 Å². The van der Waals surface area contributed by atoms with Crippen molar-refractivity contribution in [3.63, 3.8) is 0 Å². The number of hydrogen-bond acceptors (Lipinski definition) is 5. The SMILES string of the molecule is CCN(C(=O)c1ccc(S(=O)(=O)N(C)c2ccccc2)cc1)c1nc2c(C)cccc2s1. The molecule has 0 unspecified atom stereocenters. The minimum atomic E-state index is -3.74. The Morgan fingerprint density at radius 1 is 0.969 bits per heavy atom. The minimum absolute atomic E-state index is 0.124. The molecule has 4 aromatic rings. The van der Waals surface area contributed by atoms with Crippen LogP contribution in [0.5, 0.6) is 0 Å². The van der Waals surface area contributed by atoms with Crippen LogP contribution in [0.25, 0.3) is 10.2 Å². The number of amides is 1. The summed E-state index contributed by atoms with van der Waals surface area (Å²) in [6, 6.07) is 20.9. The number of benzene rings is 3. The molecule has 32 heavy (non-hydrogen) atoms. The van der Waals surface area contributed by atoms with Gasteiger partial charge >= 0.3 is 0 Å². The smallest absolute Gasteiger partial charge is 0.264 e. The zero-order valence-corrected chi connectivity index (χ0v) is 19.7. The number of aromatic nitrogens is 1. The van der Waals surface area contributed by atoms with Gasteiger partial charge in [-0.05, 0) is 61.9 Å². The summed E-state index contributed by atoms with van der Waals surface area (Å²) in [6.07, 6.45) is 0. The number of anilines is 2. The van der Waals surface area contributed by atoms with Crippen LogP contribution in [0.1, 0.15) is 22.8 Å². The summed E-state index contributed by atoms with van der Waals surface area (Å²) in [6.45, 7) is 4.34. The zero-order chi connectivity index (χ0) is 22.9. The van der Waals surface area contributed by atoms with Crippen LogP contribution in [0, 0.1) is 6.92 Å². The average molecular weight is 466 g/mol. The van der Waals surface area contributed by atoms with Gasteiger partial charge in [0.05, 0.1) is 20.8 Å². The summed E-state index contributed by atoms with van der Waals surface area (Å²) in [5, 5.41) is 0.627. The molecule has 0 aliphatic rings. The molecule has 164 valence electrons. The molecule has 0 aliphatic heterocycles. The number of rotatable bonds is 6. The van der Waals surface area contributed by atoms with Crippen molar-refractivity contribution in [2.75, 3.05) is 22.8 Å². The highest BCUT2D eigenvalue weighted by Gasteiger charge is 2.24. The van der Waals surface area contributed by atoms with Gasteiger partial charge in [-0.1, -0.05) is 41.7 Å². The minimum Gasteiger partial charge on any atom is -0.284 e. The fraction of sp³-hybridized carbons (Fsp3) is 0.167. The zero-order valence-electron chi connectivity index (χ0n) is 18.0. The molecule has 0 saturated carbocycles. The molecule has 0 radical (unpaired) electrons. The van der Waals surface area contributed by atoms with Crippen LogP contribution in [-0.4, -0.2) is 32.9 Å². The number of para-hydroxylation sites is 2. The number of aryl methyl sites for hydroxylation is 1. The van der Waals surface area contributed by atoms with Gasteiger partial charge < -0.3 is 0 Å². The number of carbonyl (C=O) groups is 1. The first-order valence-corrected chi connectivity index (χ1v) is 12.4. The Bertz CT molecular complexity index is 1360. The van der Waals surface area contributed by atoms with E-state index in [0.717, 1.165) is 15.8 Å². The Labute approximate surface area is 191 Å². The number of carbonyl (C=O) groups excluding carboxylic acids is 1. The van der Waals surface area contributed by atoms with Crippen molar-refractivity contribution in [2.45, 2.75) is 18.7 Å². The van der Waals surface area contributed by atoms with Crippen molar-refractivity contribution < 1.29 is 13.2 Å². The van der Waals surface area contributed by atoms with Crippen molar-refractivity contribution >= 4 is 48.3 Å². The molecule has 4 rings (SSSR count). The van der Waals surface area contributed by atoms with Gasteiger partial charge in [0.1, 0.15) is 0 Å². The van der Waals surface area contributed by atoms with E-state index in [2.05, 4.69) is 4.98 Å². The highest BCUT2D eigenvalue weighted by atomic mass is 32.2. The largest absolute Gasteiger partial charge is 0.284 e. The first-order chi connectivity index (χ1) is 15.3. The first-order valence-electron chi connectivity index (χ1n) is 10.1. The summed E-state index contributed by atoms with van der Waals surface area (Å²) >= 11 is 1.47. The monoisotopic (exact) mass is 465 g/mol. The van der Waals surface area contributed by atoms with Gasteiger partial charge in [0.15, 0.2) is 5.13 Å². The van der Waals surface area contributed by atoms with E-state index in [-0.39, 0.29) is 10.8 Å². The third kappa shape index (κ3) is 3.99. The second kappa shape index (κ2) is 8.72. The molecule has 0 saturated heterocycles. The van der Waals surface area contributed by atoms with E-state index in [1.807, 2.05) is 38.1 Å². The second-order valence-corrected chi connectivity index (χ2v) is 10.3. The molecule has 0 aliphatic carbocycles. The number of fused-ring (bicyclic) bond motifs is 1. The molecule has 0 fully saturated rings. The summed E-state index contributed by atoms with van der Waals surface area (Å²) in [5.41, 5.74) is 2.93. The van der Waals surface area contributed by atoms with Crippen molar-refractivity contribution in [2.24, 2.45) is 0 Å². The predicted octanol–water partition coefficient (Wildman–Crippen LogP) is 5.10. The molecule has 0 spiro atoms. The Kier molecular flexibility index (Phi) is 5.99. The van der Waals surface area contributed by atoms with Crippen LogP contribution >= 0.6 is 11.3 Å². The highest BCUT2D eigenvalue weighted by Crippen LogP contribution is 2.31. The summed E-state index contributed by atoms with van der Waals surface area (Å²) in [5.74, 6) is -0.218. The lowest BCUT2D eigenvalue weighted by Crippen LogP contribution is -2.30. The quantitative estimate of drug-likeness (QED) is 0.397. The Morgan fingerprint density at radius 2 is 1.66 bits per heavy atom. The second-order valence-electron chi connectivity index (χ2n) is 7.30. The standard InChI is InChI=1S/C24H23N3O3S2/c1-4-27(24-25-22-17(2)9-8-12-21(22)31-24)23(28)18-13-15-20(16-14-18)32(29,30)26(3)19-10-6-5-7-11-19/h5-16H,4H2,1-3H3. The summed E-state index contributed by atoms with van der Waals surface area (Å²) < 4.78 is 28.2. The first kappa shape index (κ1) is 22.0. The maximum atomic E-state index is 13.2. The van der Waals surface area contributed by atoms with Gasteiger partial charge in [-0.15, -0.1) is 0 Å². The molecule has 1 aromatic heterocycles. The summed E-state index contributed by atoms with van der Waals surface area (Å²) in [4.78, 5) is 19.6. The summed E-state index contributed by atoms with van der Waals surface area (Å²) in [7, 11) is -2.22. The number of thiazole rings is 1. The van der Waals surface area contributed by atoms with E-state index in [4.69, 9.17) is 0 Å². The normalized spacial score (nSPS) is 11.5. The lowest BCUT2D eigenvalue weighted by atomic mass is 10.2. The molecular weight excluding hydrogens is 442 g/mol. The predicted molar refractivity (Wildman–Crippen MR) is 130 cm³/mol. The van der Waals surface area contributed by atoms with Gasteiger partial charge in [-0.25, -0.2) is 13.4 Å². The highest BCUT2D eigenvalue weighted by molar-refractivity contribution is 7.92. The van der Waals surface area contributed by atoms with Gasteiger partial charge in [0, 0.05) is 19.2 Å². The molecule has 1 amide bonds. The molecule has 6 nitrogen and oxygen atoms in total. The van der Waals surface area contributed by atoms with Gasteiger partial charge in [-0.3, -0.25) is 14.0 Å². The number of nitrogens with zero attached hydrogens (tertiary/aromatic N) is 3. The fourth-order valence-electron chi connectivity index (χ4n) is 3.42. The van der Waals surface area contributed by atoms with Crippen molar-refractivity contribution in [3.8, 4) is 0 Å². The van der Waals surface area contributed by atoms with Crippen molar-refractivity contribution in [3.05, 3.63) is 83.9 Å². The molecule has 0 N–H and O–H groups in total. The third-order valence-corrected chi connectivity index (χ3v) is 8.12. The van der Waals surface area contributed by atoms with E-state index >= 15 is 0 Å². The van der Waals surface area contributed by atoms with E-state index in [1.165, 1.54) is 34.8 Å². The number of hydrogen-bond donors (Lipinski definition) is 0. The van der Waals surface area contributed by atoms with E-state index in [0.29, 0.717) is 22.9 Å². The Morgan fingerprint density at radius 3 is 2.28 bits per heavy atom. The number of sulfonamides is 1. The maximum Gasteiger partial charge on any atom is 0.264 e. The van der Waals surface area contributed by atoms with E-state index < -0.39 is 10.0 Å². The molecule has 0 bridgehead atoms. The van der Waals surface area contributed by atoms with Gasteiger partial charge in [0.2, 0.25) is 0 Å². The van der Waals surface area contributed by atoms with Gasteiger partial charge in [0.25, 0.3) is 15.9 Å². The van der Waals surface area contributed by atoms with Crippen LogP contribution in [0.2, 0.25) is 0 Å². The topological polar surface area (TPSA) is 70.6 Å². The van der Waals surface area contributed by atoms with Crippen molar-refractivity contribution in [1.82, 2.24) is 4.98 Å². The molecule has 8 heteroatoms. The molecule has 1 heterocycles. The fourth-order valence-corrected chi connectivity index (χ4v) is 5.72. The molecular formula is C24H23N3O3S2. The van der Waals surface area contributed by atoms with Gasteiger partial charge in [-0.2, -0.15) is 0 Å². The molecule has 3 aromatic carbocycles. The molecule has 0 atom stereocenters. The Balaban J connectivity index is 1.61. The Hall–Kier alpha value is -3.23. The maximum absolute atomic E-state index is 13.2.